The third-order valence-corrected chi connectivity index (χ3v) is 3.91. The van der Waals surface area contributed by atoms with Gasteiger partial charge in [0, 0.05) is 6.54 Å². The summed E-state index contributed by atoms with van der Waals surface area (Å²) in [5.41, 5.74) is 0.386. The Bertz CT molecular complexity index is 458. The minimum absolute atomic E-state index is 0.0574. The Morgan fingerprint density at radius 1 is 1.69 bits per heavy atom. The van der Waals surface area contributed by atoms with Crippen LogP contribution in [0.2, 0.25) is 0 Å². The van der Waals surface area contributed by atoms with Crippen LogP contribution >= 0.6 is 27.3 Å². The van der Waals surface area contributed by atoms with E-state index in [9.17, 15) is 9.18 Å². The van der Waals surface area contributed by atoms with Crippen LogP contribution in [-0.4, -0.2) is 28.9 Å². The summed E-state index contributed by atoms with van der Waals surface area (Å²) in [4.78, 5) is 17.7. The van der Waals surface area contributed by atoms with Gasteiger partial charge in [0.25, 0.3) is 5.91 Å². The molecule has 0 unspecified atom stereocenters. The quantitative estimate of drug-likeness (QED) is 0.799. The number of hydrogen-bond acceptors (Lipinski definition) is 3. The molecule has 0 saturated carbocycles. The molecule has 0 bridgehead atoms. The molecular formula is C10H10BrFN2OS. The molecule has 3 nitrogen and oxygen atoms in total. The second-order valence-corrected chi connectivity index (χ2v) is 6.04. The number of thiazole rings is 1. The number of carbonyl (C=O) groups is 1. The molecule has 2 heterocycles. The third-order valence-electron chi connectivity index (χ3n) is 2.29. The van der Waals surface area contributed by atoms with E-state index in [-0.39, 0.29) is 18.3 Å². The van der Waals surface area contributed by atoms with Crippen LogP contribution < -0.4 is 0 Å². The maximum absolute atomic E-state index is 13.1. The number of hydrogen-bond donors (Lipinski definition) is 0. The number of nitrogens with zero attached hydrogens (tertiary/aromatic N) is 2. The highest BCUT2D eigenvalue weighted by Gasteiger charge is 2.24. The summed E-state index contributed by atoms with van der Waals surface area (Å²) in [5.74, 6) is -0.456. The van der Waals surface area contributed by atoms with Gasteiger partial charge in [0.05, 0.1) is 11.6 Å². The Labute approximate surface area is 105 Å². The summed E-state index contributed by atoms with van der Waals surface area (Å²) in [6, 6.07) is 0. The number of amides is 1. The average Bonchev–Trinajstić information content (AvgIpc) is 2.57. The zero-order chi connectivity index (χ0) is 11.7. The van der Waals surface area contributed by atoms with E-state index in [0.717, 1.165) is 5.01 Å². The lowest BCUT2D eigenvalue weighted by molar-refractivity contribution is 0.0749. The normalized spacial score (nSPS) is 16.2. The summed E-state index contributed by atoms with van der Waals surface area (Å²) in [5, 5.41) is 0.822. The number of aromatic nitrogens is 1. The van der Waals surface area contributed by atoms with Gasteiger partial charge in [-0.1, -0.05) is 0 Å². The number of carbonyl (C=O) groups excluding carboxylic acids is 1. The third kappa shape index (κ3) is 2.32. The summed E-state index contributed by atoms with van der Waals surface area (Å²) < 4.78 is 13.8. The van der Waals surface area contributed by atoms with Crippen LogP contribution in [0.5, 0.6) is 0 Å². The Morgan fingerprint density at radius 2 is 2.44 bits per heavy atom. The highest BCUT2D eigenvalue weighted by atomic mass is 79.9. The van der Waals surface area contributed by atoms with Crippen LogP contribution in [0.25, 0.3) is 0 Å². The molecule has 0 fully saturated rings. The molecule has 6 heteroatoms. The number of rotatable bonds is 1. The first-order valence-electron chi connectivity index (χ1n) is 4.84. The summed E-state index contributed by atoms with van der Waals surface area (Å²) >= 11 is 4.71. The molecular weight excluding hydrogens is 295 g/mol. The monoisotopic (exact) mass is 304 g/mol. The lowest BCUT2D eigenvalue weighted by Gasteiger charge is -2.23. The van der Waals surface area contributed by atoms with Gasteiger partial charge in [-0.15, -0.1) is 11.3 Å². The molecule has 0 radical (unpaired) electrons. The minimum atomic E-state index is -0.248. The molecule has 2 rings (SSSR count). The molecule has 0 atom stereocenters. The fraction of sp³-hybridized carbons (Fsp3) is 0.400. The molecule has 0 spiro atoms. The zero-order valence-corrected chi connectivity index (χ0v) is 11.1. The van der Waals surface area contributed by atoms with E-state index in [2.05, 4.69) is 20.9 Å². The molecule has 86 valence electrons. The van der Waals surface area contributed by atoms with Crippen molar-refractivity contribution in [2.45, 2.75) is 13.3 Å². The molecule has 1 aromatic rings. The fourth-order valence-corrected chi connectivity index (χ4v) is 3.15. The van der Waals surface area contributed by atoms with Crippen molar-refractivity contribution in [1.82, 2.24) is 9.88 Å². The van der Waals surface area contributed by atoms with Gasteiger partial charge in [0.2, 0.25) is 0 Å². The second-order valence-electron chi connectivity index (χ2n) is 3.52. The predicted octanol–water partition coefficient (Wildman–Crippen LogP) is 2.91. The average molecular weight is 305 g/mol. The van der Waals surface area contributed by atoms with E-state index in [1.165, 1.54) is 22.3 Å². The largest absolute Gasteiger partial charge is 0.330 e. The van der Waals surface area contributed by atoms with Crippen LogP contribution in [-0.2, 0) is 0 Å². The van der Waals surface area contributed by atoms with Crippen LogP contribution in [0.4, 0.5) is 4.39 Å². The molecule has 1 aliphatic heterocycles. The van der Waals surface area contributed by atoms with Crippen LogP contribution in [0, 0.1) is 6.92 Å². The molecule has 1 amide bonds. The van der Waals surface area contributed by atoms with Crippen molar-refractivity contribution >= 4 is 33.2 Å². The van der Waals surface area contributed by atoms with Gasteiger partial charge in [0.15, 0.2) is 5.69 Å². The van der Waals surface area contributed by atoms with Crippen molar-refractivity contribution in [2.75, 3.05) is 13.1 Å². The SMILES string of the molecule is Cc1nc(C(=O)N2CCC=C(F)C2)c(Br)s1. The first-order chi connectivity index (χ1) is 7.58. The Morgan fingerprint density at radius 3 is 3.00 bits per heavy atom. The van der Waals surface area contributed by atoms with E-state index in [1.807, 2.05) is 6.92 Å². The summed E-state index contributed by atoms with van der Waals surface area (Å²) in [6.45, 7) is 2.44. The van der Waals surface area contributed by atoms with E-state index in [0.29, 0.717) is 22.4 Å². The maximum atomic E-state index is 13.1. The fourth-order valence-electron chi connectivity index (χ4n) is 1.56. The molecule has 1 aromatic heterocycles. The lowest BCUT2D eigenvalue weighted by Crippen LogP contribution is -2.35. The molecule has 0 saturated heterocycles. The molecule has 16 heavy (non-hydrogen) atoms. The summed E-state index contributed by atoms with van der Waals surface area (Å²) in [6.07, 6.45) is 2.09. The van der Waals surface area contributed by atoms with Gasteiger partial charge >= 0.3 is 0 Å². The zero-order valence-electron chi connectivity index (χ0n) is 8.67. The first-order valence-corrected chi connectivity index (χ1v) is 6.45. The van der Waals surface area contributed by atoms with Gasteiger partial charge < -0.3 is 4.90 Å². The van der Waals surface area contributed by atoms with Crippen molar-refractivity contribution in [3.63, 3.8) is 0 Å². The predicted molar refractivity (Wildman–Crippen MR) is 64.3 cm³/mol. The van der Waals surface area contributed by atoms with Gasteiger partial charge in [-0.3, -0.25) is 4.79 Å². The van der Waals surface area contributed by atoms with E-state index in [4.69, 9.17) is 0 Å². The van der Waals surface area contributed by atoms with E-state index >= 15 is 0 Å². The first kappa shape index (κ1) is 11.7. The van der Waals surface area contributed by atoms with E-state index < -0.39 is 0 Å². The lowest BCUT2D eigenvalue weighted by atomic mass is 10.2. The molecule has 0 aliphatic carbocycles. The number of halogens is 2. The molecule has 0 aromatic carbocycles. The van der Waals surface area contributed by atoms with Crippen molar-refractivity contribution in [3.8, 4) is 0 Å². The standard InChI is InChI=1S/C10H10BrFN2OS/c1-6-13-8(9(11)16-6)10(15)14-4-2-3-7(12)5-14/h3H,2,4-5H2,1H3. The Kier molecular flexibility index (Phi) is 3.39. The van der Waals surface area contributed by atoms with Gasteiger partial charge in [-0.2, -0.15) is 0 Å². The topological polar surface area (TPSA) is 33.2 Å². The van der Waals surface area contributed by atoms with Gasteiger partial charge in [0.1, 0.15) is 9.61 Å². The molecule has 1 aliphatic rings. The highest BCUT2D eigenvalue weighted by Crippen LogP contribution is 2.26. The highest BCUT2D eigenvalue weighted by molar-refractivity contribution is 9.11. The Hall–Kier alpha value is -0.750. The van der Waals surface area contributed by atoms with E-state index in [1.54, 1.807) is 0 Å². The van der Waals surface area contributed by atoms with Crippen molar-refractivity contribution < 1.29 is 9.18 Å². The van der Waals surface area contributed by atoms with Crippen molar-refractivity contribution in [2.24, 2.45) is 0 Å². The molecule has 0 N–H and O–H groups in total. The summed E-state index contributed by atoms with van der Waals surface area (Å²) in [7, 11) is 0. The van der Waals surface area contributed by atoms with Gasteiger partial charge in [-0.25, -0.2) is 9.37 Å². The van der Waals surface area contributed by atoms with Crippen LogP contribution in [0.3, 0.4) is 0 Å². The number of aryl methyl sites for hydroxylation is 1. The maximum Gasteiger partial charge on any atom is 0.274 e. The van der Waals surface area contributed by atoms with Gasteiger partial charge in [-0.05, 0) is 35.4 Å². The Balaban J connectivity index is 2.19. The van der Waals surface area contributed by atoms with Crippen LogP contribution in [0.15, 0.2) is 15.7 Å². The van der Waals surface area contributed by atoms with Crippen LogP contribution in [0.1, 0.15) is 21.9 Å². The van der Waals surface area contributed by atoms with Crippen molar-refractivity contribution in [1.29, 1.82) is 0 Å². The smallest absolute Gasteiger partial charge is 0.274 e. The minimum Gasteiger partial charge on any atom is -0.330 e. The second kappa shape index (κ2) is 4.63. The van der Waals surface area contributed by atoms with Crippen molar-refractivity contribution in [3.05, 3.63) is 26.4 Å².